The first-order valence-corrected chi connectivity index (χ1v) is 9.26. The van der Waals surface area contributed by atoms with Crippen LogP contribution >= 0.6 is 11.6 Å². The van der Waals surface area contributed by atoms with Crippen LogP contribution in [0.15, 0.2) is 54.6 Å². The van der Waals surface area contributed by atoms with Gasteiger partial charge in [-0.05, 0) is 50.6 Å². The van der Waals surface area contributed by atoms with E-state index in [-0.39, 0.29) is 6.04 Å². The zero-order chi connectivity index (χ0) is 19.6. The average Bonchev–Trinajstić information content (AvgIpc) is 2.91. The molecule has 1 atom stereocenters. The van der Waals surface area contributed by atoms with E-state index >= 15 is 0 Å². The minimum Gasteiger partial charge on any atom is -0.478 e. The second-order valence-corrected chi connectivity index (χ2v) is 7.09. The van der Waals surface area contributed by atoms with Gasteiger partial charge in [0.05, 0.1) is 5.56 Å². The molecular weight excluding hydrogens is 360 g/mol. The predicted octanol–water partition coefficient (Wildman–Crippen LogP) is 5.30. The fourth-order valence-electron chi connectivity index (χ4n) is 3.49. The zero-order valence-electron chi connectivity index (χ0n) is 15.7. The van der Waals surface area contributed by atoms with Crippen LogP contribution in [0.2, 0.25) is 5.02 Å². The monoisotopic (exact) mass is 382 g/mol. The second kappa shape index (κ2) is 7.99. The summed E-state index contributed by atoms with van der Waals surface area (Å²) in [6, 6.07) is 17.7. The summed E-state index contributed by atoms with van der Waals surface area (Å²) in [4.78, 5) is 11.9. The lowest BCUT2D eigenvalue weighted by atomic mass is 10.1. The number of hydrogen-bond acceptors (Lipinski definition) is 2. The van der Waals surface area contributed by atoms with Gasteiger partial charge in [0, 0.05) is 40.2 Å². The average molecular weight is 383 g/mol. The fraction of sp³-hybridized carbons (Fsp3) is 0.227. The Kier molecular flexibility index (Phi) is 5.68. The molecule has 0 aliphatic heterocycles. The molecule has 3 rings (SSSR count). The molecule has 0 bridgehead atoms. The van der Waals surface area contributed by atoms with Crippen molar-refractivity contribution < 1.29 is 9.90 Å². The highest BCUT2D eigenvalue weighted by Gasteiger charge is 2.23. The molecule has 0 saturated heterocycles. The smallest absolute Gasteiger partial charge is 0.337 e. The van der Waals surface area contributed by atoms with E-state index in [9.17, 15) is 9.90 Å². The van der Waals surface area contributed by atoms with Crippen molar-refractivity contribution in [3.8, 4) is 5.69 Å². The van der Waals surface area contributed by atoms with Crippen molar-refractivity contribution in [1.29, 1.82) is 0 Å². The Bertz CT molecular complexity index is 947. The van der Waals surface area contributed by atoms with Crippen molar-refractivity contribution in [1.82, 2.24) is 9.88 Å². The van der Waals surface area contributed by atoms with Crippen molar-refractivity contribution >= 4 is 17.6 Å². The summed E-state index contributed by atoms with van der Waals surface area (Å²) >= 11 is 6.00. The first-order chi connectivity index (χ1) is 12.9. The highest BCUT2D eigenvalue weighted by Crippen LogP contribution is 2.28. The predicted molar refractivity (Wildman–Crippen MR) is 109 cm³/mol. The molecule has 0 spiro atoms. The van der Waals surface area contributed by atoms with Crippen LogP contribution in [-0.2, 0) is 6.54 Å². The second-order valence-electron chi connectivity index (χ2n) is 6.65. The largest absolute Gasteiger partial charge is 0.478 e. The summed E-state index contributed by atoms with van der Waals surface area (Å²) in [5, 5.41) is 13.9. The quantitative estimate of drug-likeness (QED) is 0.608. The number of halogens is 1. The van der Waals surface area contributed by atoms with Crippen LogP contribution in [0.25, 0.3) is 5.69 Å². The van der Waals surface area contributed by atoms with Crippen LogP contribution in [0, 0.1) is 13.8 Å². The number of aromatic nitrogens is 1. The fourth-order valence-corrected chi connectivity index (χ4v) is 3.62. The normalized spacial score (nSPS) is 12.1. The lowest BCUT2D eigenvalue weighted by Crippen LogP contribution is -2.19. The molecule has 1 aromatic heterocycles. The van der Waals surface area contributed by atoms with Gasteiger partial charge in [0.1, 0.15) is 0 Å². The van der Waals surface area contributed by atoms with Crippen LogP contribution in [0.1, 0.15) is 45.8 Å². The standard InChI is InChI=1S/C22H23ClN2O2/c1-14(17-7-5-4-6-8-17)24-13-20-15(2)25(16(3)21(20)22(26)27)19-11-9-18(23)10-12-19/h4-12,14,24H,13H2,1-3H3,(H,26,27)/t14-/m1/s1. The lowest BCUT2D eigenvalue weighted by Gasteiger charge is -2.15. The molecule has 4 nitrogen and oxygen atoms in total. The number of nitrogens with one attached hydrogen (secondary N) is 1. The summed E-state index contributed by atoms with van der Waals surface area (Å²) < 4.78 is 1.98. The molecule has 0 saturated carbocycles. The maximum Gasteiger partial charge on any atom is 0.337 e. The number of carboxylic acids is 1. The van der Waals surface area contributed by atoms with Gasteiger partial charge in [-0.25, -0.2) is 4.79 Å². The van der Waals surface area contributed by atoms with Crippen LogP contribution in [-0.4, -0.2) is 15.6 Å². The molecule has 0 radical (unpaired) electrons. The SMILES string of the molecule is Cc1c(CN[C@H](C)c2ccccc2)c(C(=O)O)c(C)n1-c1ccc(Cl)cc1. The topological polar surface area (TPSA) is 54.3 Å². The van der Waals surface area contributed by atoms with E-state index in [1.807, 2.05) is 60.9 Å². The Morgan fingerprint density at radius 1 is 1.07 bits per heavy atom. The highest BCUT2D eigenvalue weighted by atomic mass is 35.5. The molecule has 2 aromatic carbocycles. The van der Waals surface area contributed by atoms with Gasteiger partial charge >= 0.3 is 5.97 Å². The van der Waals surface area contributed by atoms with Gasteiger partial charge in [-0.1, -0.05) is 41.9 Å². The molecule has 2 N–H and O–H groups in total. The van der Waals surface area contributed by atoms with Gasteiger partial charge in [-0.15, -0.1) is 0 Å². The molecule has 1 heterocycles. The van der Waals surface area contributed by atoms with Gasteiger partial charge in [0.15, 0.2) is 0 Å². The van der Waals surface area contributed by atoms with Crippen LogP contribution in [0.5, 0.6) is 0 Å². The molecule has 140 valence electrons. The molecule has 0 aliphatic rings. The first-order valence-electron chi connectivity index (χ1n) is 8.88. The van der Waals surface area contributed by atoms with Crippen molar-refractivity contribution in [3.05, 3.63) is 87.7 Å². The minimum absolute atomic E-state index is 0.117. The molecule has 0 unspecified atom stereocenters. The lowest BCUT2D eigenvalue weighted by molar-refractivity contribution is 0.0694. The van der Waals surface area contributed by atoms with E-state index in [1.165, 1.54) is 5.56 Å². The number of hydrogen-bond donors (Lipinski definition) is 2. The third-order valence-electron chi connectivity index (χ3n) is 4.95. The molecule has 0 fully saturated rings. The Labute approximate surface area is 164 Å². The summed E-state index contributed by atoms with van der Waals surface area (Å²) in [6.07, 6.45) is 0. The highest BCUT2D eigenvalue weighted by molar-refractivity contribution is 6.30. The van der Waals surface area contributed by atoms with E-state index in [1.54, 1.807) is 0 Å². The van der Waals surface area contributed by atoms with Crippen molar-refractivity contribution in [2.45, 2.75) is 33.4 Å². The Morgan fingerprint density at radius 3 is 2.30 bits per heavy atom. The summed E-state index contributed by atoms with van der Waals surface area (Å²) in [7, 11) is 0. The molecule has 0 amide bonds. The van der Waals surface area contributed by atoms with E-state index in [4.69, 9.17) is 11.6 Å². The van der Waals surface area contributed by atoms with Gasteiger partial charge in [-0.2, -0.15) is 0 Å². The van der Waals surface area contributed by atoms with E-state index in [0.29, 0.717) is 22.8 Å². The number of carboxylic acid groups (broad SMARTS) is 1. The van der Waals surface area contributed by atoms with Crippen molar-refractivity contribution in [2.24, 2.45) is 0 Å². The summed E-state index contributed by atoms with van der Waals surface area (Å²) in [6.45, 7) is 6.35. The molecule has 5 heteroatoms. The van der Waals surface area contributed by atoms with Crippen molar-refractivity contribution in [3.63, 3.8) is 0 Å². The molecule has 3 aromatic rings. The van der Waals surface area contributed by atoms with E-state index in [2.05, 4.69) is 24.4 Å². The number of aromatic carboxylic acids is 1. The van der Waals surface area contributed by atoms with Crippen molar-refractivity contribution in [2.75, 3.05) is 0 Å². The zero-order valence-corrected chi connectivity index (χ0v) is 16.4. The van der Waals surface area contributed by atoms with E-state index < -0.39 is 5.97 Å². The van der Waals surface area contributed by atoms with Gasteiger partial charge in [0.25, 0.3) is 0 Å². The maximum absolute atomic E-state index is 11.9. The summed E-state index contributed by atoms with van der Waals surface area (Å²) in [5.74, 6) is -0.910. The third-order valence-corrected chi connectivity index (χ3v) is 5.21. The molecular formula is C22H23ClN2O2. The molecule has 0 aliphatic carbocycles. The number of rotatable bonds is 6. The Hall–Kier alpha value is -2.56. The number of carbonyl (C=O) groups is 1. The Morgan fingerprint density at radius 2 is 1.70 bits per heavy atom. The van der Waals surface area contributed by atoms with E-state index in [0.717, 1.165) is 16.9 Å². The number of nitrogens with zero attached hydrogens (tertiary/aromatic N) is 1. The van der Waals surface area contributed by atoms with Gasteiger partial charge < -0.3 is 15.0 Å². The van der Waals surface area contributed by atoms with Gasteiger partial charge in [0.2, 0.25) is 0 Å². The number of benzene rings is 2. The van der Waals surface area contributed by atoms with Gasteiger partial charge in [-0.3, -0.25) is 0 Å². The Balaban J connectivity index is 1.96. The third kappa shape index (κ3) is 3.92. The van der Waals surface area contributed by atoms with Crippen LogP contribution in [0.3, 0.4) is 0 Å². The molecule has 27 heavy (non-hydrogen) atoms. The first kappa shape index (κ1) is 19.2. The van der Waals surface area contributed by atoms with Crippen LogP contribution < -0.4 is 5.32 Å². The minimum atomic E-state index is -0.910. The maximum atomic E-state index is 11.9. The van der Waals surface area contributed by atoms with Crippen LogP contribution in [0.4, 0.5) is 0 Å². The summed E-state index contributed by atoms with van der Waals surface area (Å²) in [5.41, 5.74) is 4.86.